The third-order valence-corrected chi connectivity index (χ3v) is 4.21. The molecule has 0 saturated carbocycles. The van der Waals surface area contributed by atoms with Gasteiger partial charge >= 0.3 is 5.97 Å². The minimum atomic E-state index is -1.87. The Hall–Kier alpha value is -2.93. The average Bonchev–Trinajstić information content (AvgIpc) is 2.70. The number of esters is 1. The van der Waals surface area contributed by atoms with Crippen molar-refractivity contribution in [2.24, 2.45) is 5.73 Å². The molecular formula is C23H31N3O4. The molecule has 1 unspecified atom stereocenters. The van der Waals surface area contributed by atoms with Gasteiger partial charge in [-0.2, -0.15) is 0 Å². The quantitative estimate of drug-likeness (QED) is 0.484. The molecular weight excluding hydrogens is 382 g/mol. The van der Waals surface area contributed by atoms with Crippen molar-refractivity contribution in [3.05, 3.63) is 59.9 Å². The first-order chi connectivity index (χ1) is 14.1. The number of nitrogens with zero attached hydrogens (tertiary/aromatic N) is 1. The van der Waals surface area contributed by atoms with Crippen molar-refractivity contribution in [3.63, 3.8) is 0 Å². The number of nitrogens with two attached hydrogens (primary N) is 1. The van der Waals surface area contributed by atoms with E-state index in [4.69, 9.17) is 15.2 Å². The van der Waals surface area contributed by atoms with E-state index in [-0.39, 0.29) is 6.42 Å². The summed E-state index contributed by atoms with van der Waals surface area (Å²) in [4.78, 5) is 29.8. The standard InChI is InChI=1S/C23H31N3O4/c1-5-13-25-20(27)23(24,21(28)30-22(2,3)4)14-18-11-12-19(15-26-18)29-16-17-9-7-6-8-10-17/h6-12,15H,5,13-14,16,24H2,1-4H3,(H,25,27). The van der Waals surface area contributed by atoms with E-state index in [1.54, 1.807) is 39.1 Å². The van der Waals surface area contributed by atoms with E-state index in [2.05, 4.69) is 10.3 Å². The number of benzene rings is 1. The topological polar surface area (TPSA) is 104 Å². The highest BCUT2D eigenvalue weighted by Crippen LogP contribution is 2.19. The fraction of sp³-hybridized carbons (Fsp3) is 0.435. The van der Waals surface area contributed by atoms with Crippen LogP contribution in [0, 0.1) is 0 Å². The fourth-order valence-electron chi connectivity index (χ4n) is 2.64. The van der Waals surface area contributed by atoms with Crippen molar-refractivity contribution in [1.82, 2.24) is 10.3 Å². The maximum atomic E-state index is 12.8. The van der Waals surface area contributed by atoms with Crippen molar-refractivity contribution in [1.29, 1.82) is 0 Å². The molecule has 0 bridgehead atoms. The van der Waals surface area contributed by atoms with Gasteiger partial charge in [-0.15, -0.1) is 0 Å². The third kappa shape index (κ3) is 6.84. The number of nitrogens with one attached hydrogen (secondary N) is 1. The zero-order valence-electron chi connectivity index (χ0n) is 18.1. The van der Waals surface area contributed by atoms with E-state index < -0.39 is 23.0 Å². The second kappa shape index (κ2) is 10.2. The number of amides is 1. The van der Waals surface area contributed by atoms with Crippen LogP contribution in [0.5, 0.6) is 5.75 Å². The second-order valence-electron chi connectivity index (χ2n) is 8.17. The van der Waals surface area contributed by atoms with Gasteiger partial charge in [-0.25, -0.2) is 4.79 Å². The lowest BCUT2D eigenvalue weighted by molar-refractivity contribution is -0.164. The van der Waals surface area contributed by atoms with Gasteiger partial charge in [0.2, 0.25) is 0 Å². The Kier molecular flexibility index (Phi) is 7.94. The highest BCUT2D eigenvalue weighted by Gasteiger charge is 2.45. The van der Waals surface area contributed by atoms with E-state index >= 15 is 0 Å². The summed E-state index contributed by atoms with van der Waals surface area (Å²) in [5.74, 6) is -0.780. The van der Waals surface area contributed by atoms with Gasteiger partial charge < -0.3 is 20.5 Å². The Balaban J connectivity index is 2.12. The summed E-state index contributed by atoms with van der Waals surface area (Å²) in [5.41, 5.74) is 5.17. The molecule has 1 amide bonds. The lowest BCUT2D eigenvalue weighted by Gasteiger charge is -2.30. The van der Waals surface area contributed by atoms with Crippen molar-refractivity contribution in [3.8, 4) is 5.75 Å². The second-order valence-corrected chi connectivity index (χ2v) is 8.17. The van der Waals surface area contributed by atoms with Crippen LogP contribution in [-0.4, -0.2) is 34.5 Å². The van der Waals surface area contributed by atoms with Crippen LogP contribution in [0.25, 0.3) is 0 Å². The van der Waals surface area contributed by atoms with Gasteiger partial charge in [0.25, 0.3) is 5.91 Å². The highest BCUT2D eigenvalue weighted by atomic mass is 16.6. The summed E-state index contributed by atoms with van der Waals surface area (Å²) in [5, 5.41) is 2.69. The van der Waals surface area contributed by atoms with Crippen LogP contribution in [0.3, 0.4) is 0 Å². The summed E-state index contributed by atoms with van der Waals surface area (Å²) in [6, 6.07) is 13.2. The van der Waals surface area contributed by atoms with E-state index in [0.29, 0.717) is 24.6 Å². The van der Waals surface area contributed by atoms with Crippen LogP contribution >= 0.6 is 0 Å². The van der Waals surface area contributed by atoms with Crippen LogP contribution < -0.4 is 15.8 Å². The maximum Gasteiger partial charge on any atom is 0.336 e. The Morgan fingerprint density at radius 1 is 1.10 bits per heavy atom. The molecule has 3 N–H and O–H groups in total. The van der Waals surface area contributed by atoms with Crippen LogP contribution in [-0.2, 0) is 27.4 Å². The minimum Gasteiger partial charge on any atom is -0.487 e. The smallest absolute Gasteiger partial charge is 0.336 e. The molecule has 0 saturated heterocycles. The number of carbonyl (C=O) groups excluding carboxylic acids is 2. The largest absolute Gasteiger partial charge is 0.487 e. The van der Waals surface area contributed by atoms with Crippen molar-refractivity contribution in [2.75, 3.05) is 6.54 Å². The monoisotopic (exact) mass is 413 g/mol. The molecule has 1 aromatic heterocycles. The first-order valence-electron chi connectivity index (χ1n) is 10.1. The number of hydrogen-bond donors (Lipinski definition) is 2. The van der Waals surface area contributed by atoms with E-state index in [0.717, 1.165) is 12.0 Å². The zero-order valence-corrected chi connectivity index (χ0v) is 18.1. The number of rotatable bonds is 9. The highest BCUT2D eigenvalue weighted by molar-refractivity contribution is 6.07. The molecule has 0 radical (unpaired) electrons. The summed E-state index contributed by atoms with van der Waals surface area (Å²) in [7, 11) is 0. The predicted octanol–water partition coefficient (Wildman–Crippen LogP) is 2.77. The summed E-state index contributed by atoms with van der Waals surface area (Å²) < 4.78 is 11.1. The minimum absolute atomic E-state index is 0.0869. The summed E-state index contributed by atoms with van der Waals surface area (Å²) in [6.45, 7) is 7.94. The van der Waals surface area contributed by atoms with Crippen LogP contribution in [0.2, 0.25) is 0 Å². The molecule has 1 atom stereocenters. The molecule has 30 heavy (non-hydrogen) atoms. The number of ether oxygens (including phenoxy) is 2. The molecule has 2 rings (SSSR count). The number of aromatic nitrogens is 1. The number of pyridine rings is 1. The number of carbonyl (C=O) groups is 2. The molecule has 0 spiro atoms. The molecule has 0 fully saturated rings. The Morgan fingerprint density at radius 2 is 1.80 bits per heavy atom. The maximum absolute atomic E-state index is 12.8. The Labute approximate surface area is 178 Å². The Morgan fingerprint density at radius 3 is 2.37 bits per heavy atom. The SMILES string of the molecule is CCCNC(=O)C(N)(Cc1ccc(OCc2ccccc2)cn1)C(=O)OC(C)(C)C. The van der Waals surface area contributed by atoms with E-state index in [1.807, 2.05) is 37.3 Å². The molecule has 0 aliphatic heterocycles. The van der Waals surface area contributed by atoms with Crippen molar-refractivity contribution in [2.45, 2.75) is 58.3 Å². The molecule has 0 aliphatic carbocycles. The van der Waals surface area contributed by atoms with Gasteiger partial charge in [0.1, 0.15) is 18.0 Å². The van der Waals surface area contributed by atoms with Crippen molar-refractivity contribution >= 4 is 11.9 Å². The third-order valence-electron chi connectivity index (χ3n) is 4.21. The molecule has 0 aliphatic rings. The fourth-order valence-corrected chi connectivity index (χ4v) is 2.64. The summed E-state index contributed by atoms with van der Waals surface area (Å²) in [6.07, 6.45) is 2.19. The van der Waals surface area contributed by atoms with Gasteiger partial charge in [0, 0.05) is 18.7 Å². The molecule has 2 aromatic rings. The predicted molar refractivity (Wildman–Crippen MR) is 115 cm³/mol. The first-order valence-corrected chi connectivity index (χ1v) is 10.1. The van der Waals surface area contributed by atoms with E-state index in [1.165, 1.54) is 0 Å². The molecule has 1 heterocycles. The molecule has 7 heteroatoms. The Bertz CT molecular complexity index is 832. The molecule has 1 aromatic carbocycles. The lowest BCUT2D eigenvalue weighted by Crippen LogP contribution is -2.62. The van der Waals surface area contributed by atoms with Crippen LogP contribution in [0.15, 0.2) is 48.7 Å². The van der Waals surface area contributed by atoms with Crippen molar-refractivity contribution < 1.29 is 19.1 Å². The van der Waals surface area contributed by atoms with E-state index in [9.17, 15) is 9.59 Å². The summed E-state index contributed by atoms with van der Waals surface area (Å²) >= 11 is 0. The first kappa shape index (κ1) is 23.3. The van der Waals surface area contributed by atoms with Gasteiger partial charge in [-0.3, -0.25) is 9.78 Å². The van der Waals surface area contributed by atoms with Gasteiger partial charge in [0.15, 0.2) is 5.54 Å². The molecule has 7 nitrogen and oxygen atoms in total. The average molecular weight is 414 g/mol. The van der Waals surface area contributed by atoms with Gasteiger partial charge in [-0.05, 0) is 44.9 Å². The number of hydrogen-bond acceptors (Lipinski definition) is 6. The molecule has 162 valence electrons. The lowest BCUT2D eigenvalue weighted by atomic mass is 9.92. The van der Waals surface area contributed by atoms with Gasteiger partial charge in [-0.1, -0.05) is 37.3 Å². The zero-order chi connectivity index (χ0) is 22.2. The van der Waals surface area contributed by atoms with Gasteiger partial charge in [0.05, 0.1) is 6.20 Å². The van der Waals surface area contributed by atoms with Crippen LogP contribution in [0.4, 0.5) is 0 Å². The normalized spacial score (nSPS) is 13.2. The van der Waals surface area contributed by atoms with Crippen LogP contribution in [0.1, 0.15) is 45.4 Å².